The zero-order valence-electron chi connectivity index (χ0n) is 10.8. The molecule has 0 saturated heterocycles. The predicted molar refractivity (Wildman–Crippen MR) is 80.8 cm³/mol. The standard InChI is InChI=1S/C14H20BrNOS/c1-2-11-6-9-18-12(11)13(17)16-14(10-15)7-4-3-5-8-14/h6,9H,2-5,7-8,10H2,1H3,(H,16,17). The van der Waals surface area contributed by atoms with Gasteiger partial charge in [-0.1, -0.05) is 42.1 Å². The highest BCUT2D eigenvalue weighted by atomic mass is 79.9. The van der Waals surface area contributed by atoms with Crippen LogP contribution in [0, 0.1) is 0 Å². The fraction of sp³-hybridized carbons (Fsp3) is 0.643. The van der Waals surface area contributed by atoms with Crippen molar-refractivity contribution < 1.29 is 4.79 Å². The van der Waals surface area contributed by atoms with Crippen LogP contribution in [0.4, 0.5) is 0 Å². The summed E-state index contributed by atoms with van der Waals surface area (Å²) in [7, 11) is 0. The molecule has 1 aliphatic carbocycles. The molecule has 0 unspecified atom stereocenters. The predicted octanol–water partition coefficient (Wildman–Crippen LogP) is 4.14. The molecule has 2 rings (SSSR count). The molecular formula is C14H20BrNOS. The highest BCUT2D eigenvalue weighted by molar-refractivity contribution is 9.09. The van der Waals surface area contributed by atoms with E-state index in [1.165, 1.54) is 19.3 Å². The van der Waals surface area contributed by atoms with Gasteiger partial charge in [0.1, 0.15) is 0 Å². The van der Waals surface area contributed by atoms with Gasteiger partial charge in [-0.15, -0.1) is 11.3 Å². The molecule has 4 heteroatoms. The van der Waals surface area contributed by atoms with E-state index in [4.69, 9.17) is 0 Å². The number of aryl methyl sites for hydroxylation is 1. The largest absolute Gasteiger partial charge is 0.345 e. The molecule has 1 saturated carbocycles. The van der Waals surface area contributed by atoms with Crippen molar-refractivity contribution in [3.63, 3.8) is 0 Å². The summed E-state index contributed by atoms with van der Waals surface area (Å²) in [4.78, 5) is 13.3. The Morgan fingerprint density at radius 1 is 1.44 bits per heavy atom. The van der Waals surface area contributed by atoms with Crippen LogP contribution in [-0.4, -0.2) is 16.8 Å². The monoisotopic (exact) mass is 329 g/mol. The normalized spacial score (nSPS) is 18.6. The summed E-state index contributed by atoms with van der Waals surface area (Å²) in [6, 6.07) is 2.06. The number of amides is 1. The zero-order chi connectivity index (χ0) is 13.0. The number of halogens is 1. The molecule has 2 nitrogen and oxygen atoms in total. The van der Waals surface area contributed by atoms with Crippen LogP contribution in [0.3, 0.4) is 0 Å². The molecule has 0 aromatic carbocycles. The maximum Gasteiger partial charge on any atom is 0.262 e. The first-order valence-electron chi connectivity index (χ1n) is 6.65. The molecule has 1 N–H and O–H groups in total. The van der Waals surface area contributed by atoms with Gasteiger partial charge in [0.2, 0.25) is 0 Å². The number of hydrogen-bond acceptors (Lipinski definition) is 2. The Labute approximate surface area is 121 Å². The van der Waals surface area contributed by atoms with Crippen LogP contribution >= 0.6 is 27.3 Å². The molecule has 1 heterocycles. The average Bonchev–Trinajstić information content (AvgIpc) is 2.88. The van der Waals surface area contributed by atoms with Crippen molar-refractivity contribution in [3.8, 4) is 0 Å². The topological polar surface area (TPSA) is 29.1 Å². The molecule has 0 atom stereocenters. The van der Waals surface area contributed by atoms with Gasteiger partial charge in [-0.3, -0.25) is 4.79 Å². The quantitative estimate of drug-likeness (QED) is 0.826. The van der Waals surface area contributed by atoms with E-state index in [1.54, 1.807) is 11.3 Å². The number of hydrogen-bond donors (Lipinski definition) is 1. The van der Waals surface area contributed by atoms with Gasteiger partial charge in [0, 0.05) is 5.33 Å². The lowest BCUT2D eigenvalue weighted by molar-refractivity contribution is 0.0890. The number of carbonyl (C=O) groups is 1. The third-order valence-corrected chi connectivity index (χ3v) is 5.81. The van der Waals surface area contributed by atoms with Crippen molar-refractivity contribution in [2.75, 3.05) is 5.33 Å². The lowest BCUT2D eigenvalue weighted by atomic mass is 9.83. The van der Waals surface area contributed by atoms with Crippen LogP contribution < -0.4 is 5.32 Å². The molecule has 0 radical (unpaired) electrons. The fourth-order valence-electron chi connectivity index (χ4n) is 2.63. The van der Waals surface area contributed by atoms with Crippen molar-refractivity contribution in [2.45, 2.75) is 51.0 Å². The Balaban J connectivity index is 2.10. The van der Waals surface area contributed by atoms with Gasteiger partial charge in [-0.05, 0) is 36.3 Å². The minimum absolute atomic E-state index is 0.0235. The summed E-state index contributed by atoms with van der Waals surface area (Å²) in [5, 5.41) is 6.15. The molecule has 1 aliphatic rings. The molecule has 18 heavy (non-hydrogen) atoms. The maximum absolute atomic E-state index is 12.4. The molecule has 1 aromatic heterocycles. The Hall–Kier alpha value is -0.350. The van der Waals surface area contributed by atoms with Crippen LogP contribution in [0.5, 0.6) is 0 Å². The lowest BCUT2D eigenvalue weighted by Crippen LogP contribution is -2.51. The van der Waals surface area contributed by atoms with Gasteiger partial charge in [-0.25, -0.2) is 0 Å². The molecule has 1 amide bonds. The summed E-state index contributed by atoms with van der Waals surface area (Å²) < 4.78 is 0. The van der Waals surface area contributed by atoms with E-state index in [0.717, 1.165) is 35.0 Å². The van der Waals surface area contributed by atoms with Gasteiger partial charge in [0.05, 0.1) is 10.4 Å². The van der Waals surface area contributed by atoms with Crippen molar-refractivity contribution in [2.24, 2.45) is 0 Å². The summed E-state index contributed by atoms with van der Waals surface area (Å²) >= 11 is 5.14. The number of thiophene rings is 1. The van der Waals surface area contributed by atoms with Crippen LogP contribution in [0.2, 0.25) is 0 Å². The van der Waals surface area contributed by atoms with Crippen LogP contribution in [0.1, 0.15) is 54.3 Å². The number of carbonyl (C=O) groups excluding carboxylic acids is 1. The van der Waals surface area contributed by atoms with E-state index in [1.807, 2.05) is 5.38 Å². The van der Waals surface area contributed by atoms with Gasteiger partial charge in [0.25, 0.3) is 5.91 Å². The second-order valence-corrected chi connectivity index (χ2v) is 6.53. The summed E-state index contributed by atoms with van der Waals surface area (Å²) in [6.07, 6.45) is 6.85. The van der Waals surface area contributed by atoms with E-state index in [2.05, 4.69) is 34.2 Å². The average molecular weight is 330 g/mol. The minimum Gasteiger partial charge on any atom is -0.345 e. The number of nitrogens with one attached hydrogen (secondary N) is 1. The molecule has 0 bridgehead atoms. The third-order valence-electron chi connectivity index (χ3n) is 3.78. The first-order valence-corrected chi connectivity index (χ1v) is 8.66. The van der Waals surface area contributed by atoms with Gasteiger partial charge < -0.3 is 5.32 Å². The van der Waals surface area contributed by atoms with E-state index in [0.29, 0.717) is 0 Å². The van der Waals surface area contributed by atoms with Gasteiger partial charge >= 0.3 is 0 Å². The third kappa shape index (κ3) is 2.97. The molecular weight excluding hydrogens is 310 g/mol. The van der Waals surface area contributed by atoms with Crippen LogP contribution in [0.25, 0.3) is 0 Å². The highest BCUT2D eigenvalue weighted by Gasteiger charge is 2.33. The first-order chi connectivity index (χ1) is 8.71. The molecule has 1 aromatic rings. The van der Waals surface area contributed by atoms with Crippen molar-refractivity contribution in [1.29, 1.82) is 0 Å². The van der Waals surface area contributed by atoms with E-state index in [9.17, 15) is 4.79 Å². The van der Waals surface area contributed by atoms with E-state index >= 15 is 0 Å². The molecule has 100 valence electrons. The number of rotatable bonds is 4. The minimum atomic E-state index is -0.0235. The second kappa shape index (κ2) is 6.20. The Morgan fingerprint density at radius 3 is 2.78 bits per heavy atom. The molecule has 1 fully saturated rings. The van der Waals surface area contributed by atoms with Crippen molar-refractivity contribution >= 4 is 33.2 Å². The zero-order valence-corrected chi connectivity index (χ0v) is 13.2. The van der Waals surface area contributed by atoms with Gasteiger partial charge in [0.15, 0.2) is 0 Å². The molecule has 0 aliphatic heterocycles. The van der Waals surface area contributed by atoms with E-state index < -0.39 is 0 Å². The summed E-state index contributed by atoms with van der Waals surface area (Å²) in [5.41, 5.74) is 1.14. The van der Waals surface area contributed by atoms with E-state index in [-0.39, 0.29) is 11.4 Å². The van der Waals surface area contributed by atoms with Crippen molar-refractivity contribution in [3.05, 3.63) is 21.9 Å². The van der Waals surface area contributed by atoms with Crippen molar-refractivity contribution in [1.82, 2.24) is 5.32 Å². The highest BCUT2D eigenvalue weighted by Crippen LogP contribution is 2.30. The molecule has 0 spiro atoms. The summed E-state index contributed by atoms with van der Waals surface area (Å²) in [6.45, 7) is 2.10. The Kier molecular flexibility index (Phi) is 4.84. The second-order valence-electron chi connectivity index (χ2n) is 5.06. The summed E-state index contributed by atoms with van der Waals surface area (Å²) in [5.74, 6) is 0.114. The lowest BCUT2D eigenvalue weighted by Gasteiger charge is -2.36. The first kappa shape index (κ1) is 14.1. The van der Waals surface area contributed by atoms with Crippen LogP contribution in [-0.2, 0) is 6.42 Å². The number of alkyl halides is 1. The SMILES string of the molecule is CCc1ccsc1C(=O)NC1(CBr)CCCCC1. The van der Waals surface area contributed by atoms with Gasteiger partial charge in [-0.2, -0.15) is 0 Å². The van der Waals surface area contributed by atoms with Crippen LogP contribution in [0.15, 0.2) is 11.4 Å². The fourth-order valence-corrected chi connectivity index (χ4v) is 4.22. The smallest absolute Gasteiger partial charge is 0.262 e. The maximum atomic E-state index is 12.4. The Bertz CT molecular complexity index is 410. The Morgan fingerprint density at radius 2 is 2.17 bits per heavy atom.